The maximum atomic E-state index is 12.8. The van der Waals surface area contributed by atoms with Gasteiger partial charge in [-0.05, 0) is 66.2 Å². The van der Waals surface area contributed by atoms with Gasteiger partial charge in [0.2, 0.25) is 11.2 Å². The van der Waals surface area contributed by atoms with Crippen molar-refractivity contribution in [3.8, 4) is 5.75 Å². The summed E-state index contributed by atoms with van der Waals surface area (Å²) in [5, 5.41) is 56.1. The van der Waals surface area contributed by atoms with E-state index in [4.69, 9.17) is 23.9 Å². The van der Waals surface area contributed by atoms with Crippen LogP contribution in [0.15, 0.2) is 94.6 Å². The van der Waals surface area contributed by atoms with Crippen molar-refractivity contribution in [3.05, 3.63) is 71.4 Å². The van der Waals surface area contributed by atoms with E-state index in [1.807, 2.05) is 0 Å². The Bertz CT molecular complexity index is 2950. The first kappa shape index (κ1) is 61.5. The maximum Gasteiger partial charge on any atom is 1.00 e. The number of aromatic nitrogens is 3. The molecule has 1 aromatic heterocycles. The van der Waals surface area contributed by atoms with Crippen LogP contribution in [0.2, 0.25) is 5.28 Å². The Hall–Kier alpha value is -1.48. The van der Waals surface area contributed by atoms with Crippen molar-refractivity contribution in [1.29, 1.82) is 0 Å². The van der Waals surface area contributed by atoms with Crippen LogP contribution in [0.3, 0.4) is 0 Å². The van der Waals surface area contributed by atoms with Crippen LogP contribution in [0, 0.1) is 6.57 Å². The summed E-state index contributed by atoms with van der Waals surface area (Å²) in [5.41, 5.74) is 6.17. The maximum absolute atomic E-state index is 12.8. The second-order valence-electron chi connectivity index (χ2n) is 11.0. The minimum absolute atomic E-state index is 0. The summed E-state index contributed by atoms with van der Waals surface area (Å²) in [4.78, 5) is 11.4. The Balaban J connectivity index is 0.00000528. The number of rotatable bonds is 19. The van der Waals surface area contributed by atoms with Gasteiger partial charge in [0, 0.05) is 16.5 Å². The molecule has 0 saturated heterocycles. The van der Waals surface area contributed by atoms with Gasteiger partial charge in [-0.15, -0.1) is 24.8 Å². The van der Waals surface area contributed by atoms with Crippen molar-refractivity contribution in [2.24, 2.45) is 20.5 Å². The number of fused-ring (bicyclic) bond motifs is 1. The van der Waals surface area contributed by atoms with E-state index in [2.05, 4.69) is 74.0 Å². The second-order valence-corrected chi connectivity index (χ2v) is 17.3. The molecule has 27 nitrogen and oxygen atoms in total. The predicted molar refractivity (Wildman–Crippen MR) is 201 cm³/mol. The van der Waals surface area contributed by atoms with E-state index in [1.165, 1.54) is 12.1 Å². The van der Waals surface area contributed by atoms with Gasteiger partial charge in [-0.25, -0.2) is 25.3 Å². The summed E-state index contributed by atoms with van der Waals surface area (Å²) in [6.45, 7) is 6.34. The molecule has 0 bridgehead atoms. The number of sulfone groups is 1. The van der Waals surface area contributed by atoms with Crippen molar-refractivity contribution in [2.75, 3.05) is 28.8 Å². The second kappa shape index (κ2) is 27.6. The molecule has 5 aromatic rings. The van der Waals surface area contributed by atoms with Gasteiger partial charge in [0.05, 0.1) is 49.7 Å². The first-order valence-electron chi connectivity index (χ1n) is 15.4. The quantitative estimate of drug-likeness (QED) is 0.00687. The molecular weight excluding hydrogens is 1030 g/mol. The largest absolute Gasteiger partial charge is 1.00 e. The number of nitrogens with one attached hydrogen (secondary N) is 2. The normalized spacial score (nSPS) is 11.6. The third-order valence-electron chi connectivity index (χ3n) is 7.25. The average Bonchev–Trinajstić information content (AvgIpc) is 3.18. The van der Waals surface area contributed by atoms with E-state index in [9.17, 15) is 50.0 Å². The van der Waals surface area contributed by atoms with E-state index in [1.54, 1.807) is 0 Å². The number of hydrogen-bond acceptors (Lipinski definition) is 28. The molecule has 4 aromatic carbocycles. The zero-order chi connectivity index (χ0) is 44.5. The molecule has 37 heteroatoms. The first-order chi connectivity index (χ1) is 28.9. The van der Waals surface area contributed by atoms with Crippen LogP contribution in [0.5, 0.6) is 5.75 Å². The molecule has 322 valence electrons. The van der Waals surface area contributed by atoms with E-state index >= 15 is 0 Å². The molecule has 5 rings (SSSR count). The molecule has 0 amide bonds. The van der Waals surface area contributed by atoms with E-state index in [0.717, 1.165) is 36.4 Å². The van der Waals surface area contributed by atoms with Gasteiger partial charge >= 0.3 is 118 Å². The minimum Gasteiger partial charge on any atom is -0.744 e. The Labute approximate surface area is 468 Å². The molecule has 0 aliphatic carbocycles. The third kappa shape index (κ3) is 16.9. The smallest absolute Gasteiger partial charge is 0.744 e. The van der Waals surface area contributed by atoms with Crippen molar-refractivity contribution < 1.29 is 191 Å². The number of aromatic hydroxyl groups is 1. The van der Waals surface area contributed by atoms with Crippen LogP contribution in [0.25, 0.3) is 15.7 Å². The molecule has 1 heterocycles. The zero-order valence-electron chi connectivity index (χ0n) is 33.3. The Morgan fingerprint density at radius 2 is 1.43 bits per heavy atom. The number of azo groups is 2. The average molecular weight is 1050 g/mol. The van der Waals surface area contributed by atoms with Crippen LogP contribution in [0.1, 0.15) is 0 Å². The summed E-state index contributed by atoms with van der Waals surface area (Å²) >= 11 is 6.04. The van der Waals surface area contributed by atoms with Crippen molar-refractivity contribution >= 4 is 123 Å². The summed E-state index contributed by atoms with van der Waals surface area (Å²) in [5.74, 6) is -1.98. The van der Waals surface area contributed by atoms with Gasteiger partial charge in [0.25, 0.3) is 5.95 Å². The molecule has 0 aliphatic rings. The monoisotopic (exact) mass is 1050 g/mol. The molecule has 0 radical (unpaired) electrons. The van der Waals surface area contributed by atoms with Crippen LogP contribution in [0.4, 0.5) is 46.0 Å². The fourth-order valence-electron chi connectivity index (χ4n) is 4.77. The predicted octanol–water partition coefficient (Wildman–Crippen LogP) is -8.58. The Morgan fingerprint density at radius 1 is 0.785 bits per heavy atom. The van der Waals surface area contributed by atoms with Gasteiger partial charge in [-0.3, -0.25) is 14.3 Å². The summed E-state index contributed by atoms with van der Waals surface area (Å²) in [6, 6.07) is 8.93. The minimum atomic E-state index is -5.45. The van der Waals surface area contributed by atoms with Crippen LogP contribution < -0.4 is 145 Å². The molecule has 0 unspecified atom stereocenters. The molecule has 5 N–H and O–H groups in total. The number of phenols is 1. The molecular formula is C28H18ClN11Na4O16S5. The molecule has 65 heavy (non-hydrogen) atoms. The van der Waals surface area contributed by atoms with Crippen LogP contribution in [-0.2, 0) is 53.0 Å². The number of benzene rings is 4. The molecule has 0 spiro atoms. The molecule has 0 saturated carbocycles. The van der Waals surface area contributed by atoms with E-state index in [-0.39, 0.29) is 193 Å². The number of nitrogens with two attached hydrogens (primary N) is 1. The van der Waals surface area contributed by atoms with Crippen molar-refractivity contribution in [1.82, 2.24) is 15.0 Å². The number of anilines is 4. The Morgan fingerprint density at radius 3 is 2.08 bits per heavy atom. The Kier molecular flexibility index (Phi) is 26.2. The SMILES string of the molecule is [C-]#[N+]Nc1nc(Cl)nc(Nc2ccc(S(=O)(=O)[O-])c(N=Nc3c(N)ccc4c(O)c(N=Nc5ccc(S(=O)(=O)CCOSOO[O-])cc5S(=O)(=O)[O-])c(SOO[O-])cc34)c2)n1.[Na+].[Na+].[Na+].[Na+]. The van der Waals surface area contributed by atoms with Crippen molar-refractivity contribution in [2.45, 2.75) is 19.6 Å². The van der Waals surface area contributed by atoms with Gasteiger partial charge in [0.1, 0.15) is 43.0 Å². The molecule has 0 fully saturated rings. The van der Waals surface area contributed by atoms with Gasteiger partial charge < -0.3 is 35.8 Å². The number of phenolic OH excluding ortho intramolecular Hbond substituents is 1. The van der Waals surface area contributed by atoms with E-state index in [0.29, 0.717) is 6.07 Å². The fraction of sp³-hybridized carbons (Fsp3) is 0.0714. The van der Waals surface area contributed by atoms with E-state index < -0.39 is 79.9 Å². The summed E-state index contributed by atoms with van der Waals surface area (Å²) in [7, 11) is -15.0. The van der Waals surface area contributed by atoms with Gasteiger partial charge in [-0.1, -0.05) is 5.43 Å². The van der Waals surface area contributed by atoms with Gasteiger partial charge in [-0.2, -0.15) is 30.8 Å². The molecule has 0 atom stereocenters. The number of halogens is 1. The molecule has 0 aliphatic heterocycles. The number of nitrogens with zero attached hydrogens (tertiary/aromatic N) is 8. The number of nitrogen functional groups attached to an aromatic ring is 1. The topological polar surface area (TPSA) is 404 Å². The standard InChI is InChI=1S/C28H22ClN11O16S5.4Na/c1-31-40-28-34-26(29)33-27(35-28)32-13-2-7-21(60(46,47)48)19(10-13)37-38-23-16-12-20(57-55-53-42)24(25(41)15(16)4-5-17(23)30)39-36-18-6-3-14(11-22(18)61(49,50)51)59(44,45)9-8-52-58-56-54-43;;;;/h2-7,10-12,41-43H,8-9,30H2,(H,46,47,48)(H,49,50,51)(H2,32,33,34,35,40);;;;/q;4*+1/p-4. The fourth-order valence-corrected chi connectivity index (χ4v) is 8.14. The van der Waals surface area contributed by atoms with Crippen LogP contribution in [-0.4, -0.2) is 66.8 Å². The van der Waals surface area contributed by atoms with Gasteiger partial charge in [0.15, 0.2) is 27.9 Å². The number of hydrogen-bond donors (Lipinski definition) is 4. The third-order valence-corrected chi connectivity index (χ3v) is 11.8. The summed E-state index contributed by atoms with van der Waals surface area (Å²) in [6.07, 6.45) is 0. The first-order valence-corrected chi connectivity index (χ1v) is 21.6. The van der Waals surface area contributed by atoms with Crippen molar-refractivity contribution in [3.63, 3.8) is 0 Å². The summed E-state index contributed by atoms with van der Waals surface area (Å²) < 4.78 is 112. The van der Waals surface area contributed by atoms with Crippen LogP contribution >= 0.6 is 36.0 Å². The zero-order valence-corrected chi connectivity index (χ0v) is 46.1.